The van der Waals surface area contributed by atoms with Crippen molar-refractivity contribution in [3.63, 3.8) is 0 Å². The van der Waals surface area contributed by atoms with Crippen molar-refractivity contribution in [1.29, 1.82) is 0 Å². The Morgan fingerprint density at radius 2 is 2.33 bits per heavy atom. The molecule has 0 saturated heterocycles. The predicted octanol–water partition coefficient (Wildman–Crippen LogP) is 0.715. The van der Waals surface area contributed by atoms with Crippen LogP contribution in [0.15, 0.2) is 24.4 Å². The van der Waals surface area contributed by atoms with Crippen molar-refractivity contribution in [2.24, 2.45) is 5.73 Å². The molecule has 8 heteroatoms. The molecule has 0 spiro atoms. The van der Waals surface area contributed by atoms with Crippen LogP contribution < -0.4 is 15.8 Å². The third kappa shape index (κ3) is 3.93. The van der Waals surface area contributed by atoms with E-state index in [0.29, 0.717) is 23.0 Å². The van der Waals surface area contributed by atoms with Gasteiger partial charge in [-0.1, -0.05) is 22.9 Å². The quantitative estimate of drug-likeness (QED) is 0.819. The van der Waals surface area contributed by atoms with E-state index in [1.165, 1.54) is 4.68 Å². The Balaban J connectivity index is 1.95. The van der Waals surface area contributed by atoms with Crippen LogP contribution in [0.3, 0.4) is 0 Å². The Hall–Kier alpha value is -2.12. The Kier molecular flexibility index (Phi) is 5.13. The summed E-state index contributed by atoms with van der Waals surface area (Å²) in [4.78, 5) is 11.9. The molecule has 0 fully saturated rings. The second kappa shape index (κ2) is 7.05. The van der Waals surface area contributed by atoms with Crippen LogP contribution in [-0.4, -0.2) is 28.0 Å². The summed E-state index contributed by atoms with van der Waals surface area (Å²) in [5.74, 6) is 0.430. The lowest BCUT2D eigenvalue weighted by Gasteiger charge is -2.11. The zero-order chi connectivity index (χ0) is 15.2. The van der Waals surface area contributed by atoms with Gasteiger partial charge in [-0.05, 0) is 12.1 Å². The molecule has 1 aromatic heterocycles. The Morgan fingerprint density at radius 1 is 1.52 bits per heavy atom. The van der Waals surface area contributed by atoms with Crippen molar-refractivity contribution in [2.45, 2.75) is 19.6 Å². The normalized spacial score (nSPS) is 10.4. The van der Waals surface area contributed by atoms with E-state index in [4.69, 9.17) is 22.1 Å². The molecule has 2 aromatic rings. The Labute approximate surface area is 127 Å². The maximum atomic E-state index is 11.9. The van der Waals surface area contributed by atoms with Gasteiger partial charge in [-0.25, -0.2) is 4.68 Å². The number of carbonyl (C=O) groups is 1. The minimum atomic E-state index is -0.203. The molecular formula is C13H16ClN5O2. The lowest BCUT2D eigenvalue weighted by molar-refractivity contribution is -0.122. The van der Waals surface area contributed by atoms with Crippen molar-refractivity contribution in [1.82, 2.24) is 20.3 Å². The van der Waals surface area contributed by atoms with Crippen molar-refractivity contribution in [2.75, 3.05) is 7.11 Å². The van der Waals surface area contributed by atoms with E-state index in [-0.39, 0.29) is 19.0 Å². The van der Waals surface area contributed by atoms with Gasteiger partial charge in [0.25, 0.3) is 0 Å². The number of nitrogens with one attached hydrogen (secondary N) is 1. The fourth-order valence-corrected chi connectivity index (χ4v) is 2.03. The van der Waals surface area contributed by atoms with E-state index >= 15 is 0 Å². The van der Waals surface area contributed by atoms with E-state index in [1.54, 1.807) is 31.5 Å². The number of amides is 1. The lowest BCUT2D eigenvalue weighted by Crippen LogP contribution is -2.27. The molecule has 1 amide bonds. The van der Waals surface area contributed by atoms with Crippen LogP contribution >= 0.6 is 11.6 Å². The number of hydrogen-bond donors (Lipinski definition) is 2. The van der Waals surface area contributed by atoms with E-state index in [0.717, 1.165) is 5.56 Å². The fraction of sp³-hybridized carbons (Fsp3) is 0.308. The van der Waals surface area contributed by atoms with Crippen LogP contribution in [0.5, 0.6) is 5.75 Å². The number of benzene rings is 1. The summed E-state index contributed by atoms with van der Waals surface area (Å²) in [6.07, 6.45) is 1.63. The zero-order valence-electron chi connectivity index (χ0n) is 11.5. The number of ether oxygens (including phenoxy) is 1. The highest BCUT2D eigenvalue weighted by atomic mass is 35.5. The Bertz CT molecular complexity index is 629. The molecule has 1 aromatic carbocycles. The Morgan fingerprint density at radius 3 is 3.00 bits per heavy atom. The summed E-state index contributed by atoms with van der Waals surface area (Å²) >= 11 is 6.10. The molecular weight excluding hydrogens is 294 g/mol. The summed E-state index contributed by atoms with van der Waals surface area (Å²) in [6.45, 7) is 0.637. The van der Waals surface area contributed by atoms with E-state index in [9.17, 15) is 4.79 Å². The first-order chi connectivity index (χ1) is 10.1. The van der Waals surface area contributed by atoms with Crippen LogP contribution in [-0.2, 0) is 24.4 Å². The smallest absolute Gasteiger partial charge is 0.242 e. The van der Waals surface area contributed by atoms with Crippen LogP contribution in [0.1, 0.15) is 11.3 Å². The molecule has 0 radical (unpaired) electrons. The third-order valence-corrected chi connectivity index (χ3v) is 3.21. The minimum absolute atomic E-state index is 0.0692. The van der Waals surface area contributed by atoms with E-state index < -0.39 is 0 Å². The van der Waals surface area contributed by atoms with Crippen LogP contribution in [0, 0.1) is 0 Å². The first-order valence-corrected chi connectivity index (χ1v) is 6.69. The second-order valence-electron chi connectivity index (χ2n) is 4.31. The summed E-state index contributed by atoms with van der Waals surface area (Å²) in [5, 5.41) is 10.9. The highest BCUT2D eigenvalue weighted by Gasteiger charge is 2.10. The SMILES string of the molecule is COc1cccc(Cl)c1CNC(=O)Cn1cc(CN)nn1. The molecule has 21 heavy (non-hydrogen) atoms. The first-order valence-electron chi connectivity index (χ1n) is 6.31. The van der Waals surface area contributed by atoms with Gasteiger partial charge in [0.05, 0.1) is 19.0 Å². The molecule has 2 rings (SSSR count). The maximum Gasteiger partial charge on any atom is 0.242 e. The molecule has 3 N–H and O–H groups in total. The maximum absolute atomic E-state index is 11.9. The van der Waals surface area contributed by atoms with Gasteiger partial charge >= 0.3 is 0 Å². The molecule has 0 aliphatic heterocycles. The number of carbonyl (C=O) groups excluding carboxylic acids is 1. The predicted molar refractivity (Wildman–Crippen MR) is 77.8 cm³/mol. The fourth-order valence-electron chi connectivity index (χ4n) is 1.80. The molecule has 0 aliphatic rings. The molecule has 0 unspecified atom stereocenters. The summed E-state index contributed by atoms with van der Waals surface area (Å²) in [7, 11) is 1.56. The largest absolute Gasteiger partial charge is 0.496 e. The molecule has 0 saturated carbocycles. The number of hydrogen-bond acceptors (Lipinski definition) is 5. The number of nitrogens with two attached hydrogens (primary N) is 1. The number of methoxy groups -OCH3 is 1. The highest BCUT2D eigenvalue weighted by molar-refractivity contribution is 6.31. The number of halogens is 1. The van der Waals surface area contributed by atoms with E-state index in [2.05, 4.69) is 15.6 Å². The highest BCUT2D eigenvalue weighted by Crippen LogP contribution is 2.25. The van der Waals surface area contributed by atoms with Gasteiger partial charge in [0.15, 0.2) is 0 Å². The van der Waals surface area contributed by atoms with Crippen molar-refractivity contribution >= 4 is 17.5 Å². The number of nitrogens with zero attached hydrogens (tertiary/aromatic N) is 3. The van der Waals surface area contributed by atoms with Gasteiger partial charge in [-0.2, -0.15) is 0 Å². The molecule has 112 valence electrons. The summed E-state index contributed by atoms with van der Waals surface area (Å²) < 4.78 is 6.65. The van der Waals surface area contributed by atoms with Gasteiger partial charge in [0.2, 0.25) is 5.91 Å². The van der Waals surface area contributed by atoms with Gasteiger partial charge in [-0.15, -0.1) is 5.10 Å². The lowest BCUT2D eigenvalue weighted by atomic mass is 10.2. The second-order valence-corrected chi connectivity index (χ2v) is 4.72. The van der Waals surface area contributed by atoms with Crippen LogP contribution in [0.4, 0.5) is 0 Å². The average molecular weight is 310 g/mol. The van der Waals surface area contributed by atoms with E-state index in [1.807, 2.05) is 0 Å². The van der Waals surface area contributed by atoms with Crippen LogP contribution in [0.25, 0.3) is 0 Å². The van der Waals surface area contributed by atoms with Crippen molar-refractivity contribution in [3.8, 4) is 5.75 Å². The molecule has 1 heterocycles. The topological polar surface area (TPSA) is 95.1 Å². The summed E-state index contributed by atoms with van der Waals surface area (Å²) in [5.41, 5.74) is 6.80. The first kappa shape index (κ1) is 15.3. The average Bonchev–Trinajstić information content (AvgIpc) is 2.93. The van der Waals surface area contributed by atoms with Crippen molar-refractivity contribution in [3.05, 3.63) is 40.7 Å². The standard InChI is InChI=1S/C13H16ClN5O2/c1-21-12-4-2-3-11(14)10(12)6-16-13(20)8-19-7-9(5-15)17-18-19/h2-4,7H,5-6,8,15H2,1H3,(H,16,20). The molecule has 0 atom stereocenters. The number of aromatic nitrogens is 3. The minimum Gasteiger partial charge on any atom is -0.496 e. The molecule has 0 aliphatic carbocycles. The van der Waals surface area contributed by atoms with Crippen LogP contribution in [0.2, 0.25) is 5.02 Å². The van der Waals surface area contributed by atoms with Crippen molar-refractivity contribution < 1.29 is 9.53 Å². The molecule has 0 bridgehead atoms. The monoisotopic (exact) mass is 309 g/mol. The zero-order valence-corrected chi connectivity index (χ0v) is 12.3. The van der Waals surface area contributed by atoms with Gasteiger partial charge in [0.1, 0.15) is 12.3 Å². The summed E-state index contributed by atoms with van der Waals surface area (Å²) in [6, 6.07) is 5.32. The number of rotatable bonds is 6. The molecule has 7 nitrogen and oxygen atoms in total. The van der Waals surface area contributed by atoms with Gasteiger partial charge < -0.3 is 15.8 Å². The third-order valence-electron chi connectivity index (χ3n) is 2.86. The van der Waals surface area contributed by atoms with Gasteiger partial charge in [0, 0.05) is 23.7 Å². The van der Waals surface area contributed by atoms with Gasteiger partial charge in [-0.3, -0.25) is 4.79 Å².